The highest BCUT2D eigenvalue weighted by Gasteiger charge is 2.35. The van der Waals surface area contributed by atoms with Crippen molar-refractivity contribution >= 4 is 28.0 Å². The SMILES string of the molecule is Cc1c(CN2C(=O)c3ccccc3C2=O)sc2cncn12. The second-order valence-corrected chi connectivity index (χ2v) is 6.07. The van der Waals surface area contributed by atoms with Gasteiger partial charge >= 0.3 is 0 Å². The number of aromatic nitrogens is 2. The Labute approximate surface area is 124 Å². The van der Waals surface area contributed by atoms with Crippen molar-refractivity contribution in [2.75, 3.05) is 0 Å². The summed E-state index contributed by atoms with van der Waals surface area (Å²) in [6.45, 7) is 2.28. The van der Waals surface area contributed by atoms with E-state index in [-0.39, 0.29) is 11.8 Å². The Hall–Kier alpha value is -2.47. The molecule has 0 aliphatic carbocycles. The number of carbonyl (C=O) groups excluding carboxylic acids is 2. The summed E-state index contributed by atoms with van der Waals surface area (Å²) in [5, 5.41) is 0. The molecule has 104 valence electrons. The van der Waals surface area contributed by atoms with Gasteiger partial charge in [-0.15, -0.1) is 11.3 Å². The maximum absolute atomic E-state index is 12.4. The van der Waals surface area contributed by atoms with Gasteiger partial charge < -0.3 is 0 Å². The van der Waals surface area contributed by atoms with E-state index in [1.54, 1.807) is 48.1 Å². The topological polar surface area (TPSA) is 54.7 Å². The first-order valence-electron chi connectivity index (χ1n) is 6.52. The van der Waals surface area contributed by atoms with Gasteiger partial charge in [-0.3, -0.25) is 18.9 Å². The highest BCUT2D eigenvalue weighted by atomic mass is 32.1. The number of nitrogens with zero attached hydrogens (tertiary/aromatic N) is 3. The number of benzene rings is 1. The average molecular weight is 297 g/mol. The van der Waals surface area contributed by atoms with Crippen LogP contribution in [0.4, 0.5) is 0 Å². The average Bonchev–Trinajstić information content (AvgIpc) is 3.13. The number of thiazole rings is 1. The monoisotopic (exact) mass is 297 g/mol. The van der Waals surface area contributed by atoms with Crippen LogP contribution < -0.4 is 0 Å². The van der Waals surface area contributed by atoms with E-state index in [0.29, 0.717) is 17.7 Å². The van der Waals surface area contributed by atoms with Crippen LogP contribution in [0.2, 0.25) is 0 Å². The minimum Gasteiger partial charge on any atom is -0.294 e. The maximum Gasteiger partial charge on any atom is 0.261 e. The zero-order valence-electron chi connectivity index (χ0n) is 11.2. The van der Waals surface area contributed by atoms with Crippen LogP contribution in [-0.4, -0.2) is 26.1 Å². The molecule has 2 amide bonds. The summed E-state index contributed by atoms with van der Waals surface area (Å²) in [6, 6.07) is 6.96. The highest BCUT2D eigenvalue weighted by molar-refractivity contribution is 7.17. The predicted molar refractivity (Wildman–Crippen MR) is 78.5 cm³/mol. The van der Waals surface area contributed by atoms with E-state index in [1.807, 2.05) is 11.3 Å². The normalized spacial score (nSPS) is 14.2. The van der Waals surface area contributed by atoms with Crippen molar-refractivity contribution in [3.63, 3.8) is 0 Å². The molecule has 3 aromatic rings. The lowest BCUT2D eigenvalue weighted by Gasteiger charge is -2.12. The van der Waals surface area contributed by atoms with Crippen molar-refractivity contribution in [3.05, 3.63) is 58.5 Å². The molecule has 1 aromatic carbocycles. The molecule has 0 fully saturated rings. The van der Waals surface area contributed by atoms with Gasteiger partial charge in [-0.2, -0.15) is 0 Å². The van der Waals surface area contributed by atoms with Crippen molar-refractivity contribution in [1.29, 1.82) is 0 Å². The van der Waals surface area contributed by atoms with Gasteiger partial charge in [0.2, 0.25) is 0 Å². The van der Waals surface area contributed by atoms with Crippen molar-refractivity contribution in [2.45, 2.75) is 13.5 Å². The number of imide groups is 1. The van der Waals surface area contributed by atoms with Crippen LogP contribution in [-0.2, 0) is 6.54 Å². The summed E-state index contributed by atoms with van der Waals surface area (Å²) in [7, 11) is 0. The quantitative estimate of drug-likeness (QED) is 0.683. The molecule has 0 unspecified atom stereocenters. The molecule has 6 heteroatoms. The van der Waals surface area contributed by atoms with Crippen LogP contribution in [0.25, 0.3) is 4.83 Å². The molecule has 0 saturated carbocycles. The first kappa shape index (κ1) is 12.3. The summed E-state index contributed by atoms with van der Waals surface area (Å²) in [4.78, 5) is 32.1. The molecule has 0 N–H and O–H groups in total. The van der Waals surface area contributed by atoms with Crippen LogP contribution in [0, 0.1) is 6.92 Å². The lowest BCUT2D eigenvalue weighted by molar-refractivity contribution is 0.0643. The Bertz CT molecular complexity index is 858. The molecule has 0 spiro atoms. The molecule has 4 rings (SSSR count). The van der Waals surface area contributed by atoms with E-state index in [4.69, 9.17) is 0 Å². The first-order valence-corrected chi connectivity index (χ1v) is 7.34. The van der Waals surface area contributed by atoms with Crippen molar-refractivity contribution in [2.24, 2.45) is 0 Å². The number of hydrogen-bond acceptors (Lipinski definition) is 4. The standard InChI is InChI=1S/C15H11N3O2S/c1-9-12(21-13-6-16-8-18(9)13)7-17-14(19)10-4-2-3-5-11(10)15(17)20/h2-6,8H,7H2,1H3. The van der Waals surface area contributed by atoms with E-state index in [2.05, 4.69) is 4.98 Å². The second-order valence-electron chi connectivity index (χ2n) is 4.95. The Balaban J connectivity index is 1.72. The Morgan fingerprint density at radius 2 is 1.81 bits per heavy atom. The summed E-state index contributed by atoms with van der Waals surface area (Å²) >= 11 is 1.55. The van der Waals surface area contributed by atoms with E-state index < -0.39 is 0 Å². The molecule has 2 aromatic heterocycles. The number of fused-ring (bicyclic) bond motifs is 2. The molecular formula is C15H11N3O2S. The maximum atomic E-state index is 12.4. The summed E-state index contributed by atoms with van der Waals surface area (Å²) < 4.78 is 1.97. The molecular weight excluding hydrogens is 286 g/mol. The van der Waals surface area contributed by atoms with E-state index >= 15 is 0 Å². The third kappa shape index (κ3) is 1.66. The summed E-state index contributed by atoms with van der Waals surface area (Å²) in [6.07, 6.45) is 3.52. The molecule has 3 heterocycles. The Morgan fingerprint density at radius 1 is 1.14 bits per heavy atom. The van der Waals surface area contributed by atoms with Gasteiger partial charge in [-0.25, -0.2) is 4.98 Å². The van der Waals surface area contributed by atoms with Crippen LogP contribution in [0.1, 0.15) is 31.3 Å². The van der Waals surface area contributed by atoms with Crippen LogP contribution in [0.15, 0.2) is 36.8 Å². The minimum atomic E-state index is -0.216. The third-order valence-corrected chi connectivity index (χ3v) is 4.96. The van der Waals surface area contributed by atoms with Crippen LogP contribution in [0.3, 0.4) is 0 Å². The Kier molecular flexibility index (Phi) is 2.49. The highest BCUT2D eigenvalue weighted by Crippen LogP contribution is 2.28. The summed E-state index contributed by atoms with van der Waals surface area (Å²) in [5.41, 5.74) is 2.00. The number of amides is 2. The fourth-order valence-electron chi connectivity index (χ4n) is 2.62. The largest absolute Gasteiger partial charge is 0.294 e. The van der Waals surface area contributed by atoms with Crippen molar-refractivity contribution in [3.8, 4) is 0 Å². The van der Waals surface area contributed by atoms with E-state index in [1.165, 1.54) is 4.90 Å². The van der Waals surface area contributed by atoms with Gasteiger partial charge in [0.05, 0.1) is 23.9 Å². The zero-order valence-corrected chi connectivity index (χ0v) is 12.1. The number of imidazole rings is 1. The number of rotatable bonds is 2. The minimum absolute atomic E-state index is 0.216. The van der Waals surface area contributed by atoms with E-state index in [0.717, 1.165) is 15.4 Å². The fourth-order valence-corrected chi connectivity index (χ4v) is 3.71. The van der Waals surface area contributed by atoms with E-state index in [9.17, 15) is 9.59 Å². The third-order valence-electron chi connectivity index (χ3n) is 3.78. The second kappa shape index (κ2) is 4.26. The summed E-state index contributed by atoms with van der Waals surface area (Å²) in [5.74, 6) is -0.433. The van der Waals surface area contributed by atoms with Crippen molar-refractivity contribution < 1.29 is 9.59 Å². The van der Waals surface area contributed by atoms with Crippen LogP contribution in [0.5, 0.6) is 0 Å². The van der Waals surface area contributed by atoms with Crippen molar-refractivity contribution in [1.82, 2.24) is 14.3 Å². The smallest absolute Gasteiger partial charge is 0.261 e. The van der Waals surface area contributed by atoms with Gasteiger partial charge in [-0.1, -0.05) is 12.1 Å². The Morgan fingerprint density at radius 3 is 2.43 bits per heavy atom. The zero-order chi connectivity index (χ0) is 14.6. The molecule has 0 atom stereocenters. The molecule has 5 nitrogen and oxygen atoms in total. The lowest BCUT2D eigenvalue weighted by Crippen LogP contribution is -2.29. The number of carbonyl (C=O) groups is 2. The number of hydrogen-bond donors (Lipinski definition) is 0. The molecule has 1 aliphatic heterocycles. The molecule has 0 saturated heterocycles. The van der Waals surface area contributed by atoms with Gasteiger partial charge in [0.1, 0.15) is 11.2 Å². The lowest BCUT2D eigenvalue weighted by atomic mass is 10.1. The molecule has 0 radical (unpaired) electrons. The molecule has 1 aliphatic rings. The fraction of sp³-hybridized carbons (Fsp3) is 0.133. The van der Waals surface area contributed by atoms with Gasteiger partial charge in [0.25, 0.3) is 11.8 Å². The van der Waals surface area contributed by atoms with Gasteiger partial charge in [0.15, 0.2) is 0 Å². The predicted octanol–water partition coefficient (Wildman–Crippen LogP) is 2.50. The number of aryl methyl sites for hydroxylation is 1. The first-order chi connectivity index (χ1) is 10.2. The molecule has 0 bridgehead atoms. The van der Waals surface area contributed by atoms with Crippen LogP contribution >= 0.6 is 11.3 Å². The van der Waals surface area contributed by atoms with Gasteiger partial charge in [-0.05, 0) is 19.1 Å². The molecule has 21 heavy (non-hydrogen) atoms. The van der Waals surface area contributed by atoms with Gasteiger partial charge in [0, 0.05) is 10.6 Å².